The van der Waals surface area contributed by atoms with Gasteiger partial charge in [-0.1, -0.05) is 6.07 Å². The number of sulfonamides is 1. The van der Waals surface area contributed by atoms with Crippen molar-refractivity contribution in [2.45, 2.75) is 45.4 Å². The third-order valence-electron chi connectivity index (χ3n) is 6.58. The Balaban J connectivity index is 1.45. The molecule has 2 N–H and O–H groups in total. The summed E-state index contributed by atoms with van der Waals surface area (Å²) in [5.74, 6) is 2.48. The van der Waals surface area contributed by atoms with Crippen LogP contribution in [0.2, 0.25) is 0 Å². The largest absolute Gasteiger partial charge is 0.351 e. The third-order valence-corrected chi connectivity index (χ3v) is 7.17. The summed E-state index contributed by atoms with van der Waals surface area (Å²) in [4.78, 5) is 12.7. The summed E-state index contributed by atoms with van der Waals surface area (Å²) in [6.45, 7) is 2.57. The number of rotatable bonds is 5. The van der Waals surface area contributed by atoms with Crippen LogP contribution in [0.15, 0.2) is 18.2 Å². The highest BCUT2D eigenvalue weighted by Gasteiger charge is 2.50. The summed E-state index contributed by atoms with van der Waals surface area (Å²) < 4.78 is 25.5. The number of hydrogen-bond donors (Lipinski definition) is 2. The van der Waals surface area contributed by atoms with Gasteiger partial charge < -0.3 is 5.32 Å². The van der Waals surface area contributed by atoms with Crippen LogP contribution in [0, 0.1) is 30.1 Å². The van der Waals surface area contributed by atoms with E-state index in [1.807, 2.05) is 6.92 Å². The maximum atomic E-state index is 12.7. The van der Waals surface area contributed by atoms with Crippen molar-refractivity contribution >= 4 is 21.6 Å². The van der Waals surface area contributed by atoms with E-state index in [0.717, 1.165) is 36.1 Å². The SMILES string of the molecule is Cc1ccc(C(=O)NCC23CC4CC(CC(C4)C2)C3)cc1NS(C)(=O)=O. The van der Waals surface area contributed by atoms with E-state index in [-0.39, 0.29) is 5.91 Å². The molecule has 0 saturated heterocycles. The summed E-state index contributed by atoms with van der Waals surface area (Å²) in [6, 6.07) is 5.18. The zero-order chi connectivity index (χ0) is 18.5. The molecule has 6 heteroatoms. The highest BCUT2D eigenvalue weighted by molar-refractivity contribution is 7.92. The second kappa shape index (κ2) is 6.25. The van der Waals surface area contributed by atoms with Crippen LogP contribution in [0.1, 0.15) is 54.4 Å². The molecule has 1 aromatic carbocycles. The van der Waals surface area contributed by atoms with E-state index in [1.54, 1.807) is 18.2 Å². The van der Waals surface area contributed by atoms with Crippen LogP contribution < -0.4 is 10.0 Å². The van der Waals surface area contributed by atoms with Crippen molar-refractivity contribution in [1.82, 2.24) is 5.32 Å². The smallest absolute Gasteiger partial charge is 0.251 e. The molecule has 0 spiro atoms. The maximum absolute atomic E-state index is 12.7. The second-order valence-electron chi connectivity index (χ2n) is 9.00. The number of hydrogen-bond acceptors (Lipinski definition) is 3. The van der Waals surface area contributed by atoms with Crippen molar-refractivity contribution in [3.8, 4) is 0 Å². The summed E-state index contributed by atoms with van der Waals surface area (Å²) in [5.41, 5.74) is 2.07. The first-order valence-corrected chi connectivity index (χ1v) is 11.5. The van der Waals surface area contributed by atoms with Gasteiger partial charge in [-0.15, -0.1) is 0 Å². The fourth-order valence-electron chi connectivity index (χ4n) is 5.95. The lowest BCUT2D eigenvalue weighted by atomic mass is 9.49. The Hall–Kier alpha value is -1.56. The zero-order valence-electron chi connectivity index (χ0n) is 15.5. The molecule has 0 aromatic heterocycles. The zero-order valence-corrected chi connectivity index (χ0v) is 16.4. The van der Waals surface area contributed by atoms with Crippen molar-refractivity contribution < 1.29 is 13.2 Å². The first kappa shape index (κ1) is 17.8. The van der Waals surface area contributed by atoms with Crippen molar-refractivity contribution in [3.05, 3.63) is 29.3 Å². The predicted molar refractivity (Wildman–Crippen MR) is 103 cm³/mol. The van der Waals surface area contributed by atoms with Gasteiger partial charge in [0.2, 0.25) is 10.0 Å². The van der Waals surface area contributed by atoms with Gasteiger partial charge in [0, 0.05) is 12.1 Å². The summed E-state index contributed by atoms with van der Waals surface area (Å²) in [6.07, 6.45) is 9.07. The minimum Gasteiger partial charge on any atom is -0.351 e. The average Bonchev–Trinajstić information content (AvgIpc) is 2.52. The minimum absolute atomic E-state index is 0.114. The molecule has 1 amide bonds. The van der Waals surface area contributed by atoms with Crippen LogP contribution in [-0.4, -0.2) is 27.1 Å². The van der Waals surface area contributed by atoms with Gasteiger partial charge in [-0.25, -0.2) is 8.42 Å². The van der Waals surface area contributed by atoms with E-state index < -0.39 is 10.0 Å². The number of benzene rings is 1. The summed E-state index contributed by atoms with van der Waals surface area (Å²) >= 11 is 0. The molecular weight excluding hydrogens is 348 g/mol. The lowest BCUT2D eigenvalue weighted by Crippen LogP contribution is -2.51. The number of carbonyl (C=O) groups is 1. The molecule has 142 valence electrons. The van der Waals surface area contributed by atoms with Crippen molar-refractivity contribution in [2.75, 3.05) is 17.5 Å². The number of nitrogens with one attached hydrogen (secondary N) is 2. The van der Waals surface area contributed by atoms with Crippen LogP contribution in [0.4, 0.5) is 5.69 Å². The van der Waals surface area contributed by atoms with Crippen molar-refractivity contribution in [2.24, 2.45) is 23.2 Å². The van der Waals surface area contributed by atoms with Crippen LogP contribution in [-0.2, 0) is 10.0 Å². The molecule has 0 atom stereocenters. The Bertz CT molecular complexity index is 796. The Morgan fingerprint density at radius 2 is 1.69 bits per heavy atom. The second-order valence-corrected chi connectivity index (χ2v) is 10.8. The normalized spacial score (nSPS) is 32.5. The Labute approximate surface area is 156 Å². The molecule has 4 saturated carbocycles. The van der Waals surface area contributed by atoms with E-state index >= 15 is 0 Å². The summed E-state index contributed by atoms with van der Waals surface area (Å²) in [7, 11) is -3.37. The Kier molecular flexibility index (Phi) is 4.29. The molecule has 1 aromatic rings. The lowest BCUT2D eigenvalue weighted by molar-refractivity contribution is -0.0503. The summed E-state index contributed by atoms with van der Waals surface area (Å²) in [5, 5.41) is 3.15. The fourth-order valence-corrected chi connectivity index (χ4v) is 6.57. The highest BCUT2D eigenvalue weighted by atomic mass is 32.2. The maximum Gasteiger partial charge on any atom is 0.251 e. The number of amides is 1. The first-order chi connectivity index (χ1) is 12.2. The van der Waals surface area contributed by atoms with Gasteiger partial charge >= 0.3 is 0 Å². The molecule has 4 aliphatic carbocycles. The van der Waals surface area contributed by atoms with Gasteiger partial charge in [-0.3, -0.25) is 9.52 Å². The predicted octanol–water partition coefficient (Wildman–Crippen LogP) is 3.31. The highest BCUT2D eigenvalue weighted by Crippen LogP contribution is 2.59. The van der Waals surface area contributed by atoms with Crippen LogP contribution in [0.3, 0.4) is 0 Å². The van der Waals surface area contributed by atoms with Crippen molar-refractivity contribution in [3.63, 3.8) is 0 Å². The molecule has 0 radical (unpaired) electrons. The van der Waals surface area contributed by atoms with Gasteiger partial charge in [0.25, 0.3) is 5.91 Å². The molecule has 5 rings (SSSR count). The van der Waals surface area contributed by atoms with E-state index in [9.17, 15) is 13.2 Å². The molecular formula is C20H28N2O3S. The Morgan fingerprint density at radius 3 is 2.23 bits per heavy atom. The quantitative estimate of drug-likeness (QED) is 0.828. The first-order valence-electron chi connectivity index (χ1n) is 9.58. The van der Waals surface area contributed by atoms with Crippen LogP contribution in [0.5, 0.6) is 0 Å². The van der Waals surface area contributed by atoms with E-state index in [1.165, 1.54) is 38.5 Å². The van der Waals surface area contributed by atoms with Gasteiger partial charge in [0.15, 0.2) is 0 Å². The van der Waals surface area contributed by atoms with E-state index in [4.69, 9.17) is 0 Å². The van der Waals surface area contributed by atoms with Crippen LogP contribution >= 0.6 is 0 Å². The fraction of sp³-hybridized carbons (Fsp3) is 0.650. The molecule has 4 aliphatic rings. The topological polar surface area (TPSA) is 75.3 Å². The van der Waals surface area contributed by atoms with Gasteiger partial charge in [0.05, 0.1) is 11.9 Å². The van der Waals surface area contributed by atoms with Crippen LogP contribution in [0.25, 0.3) is 0 Å². The molecule has 4 fully saturated rings. The molecule has 0 unspecified atom stereocenters. The number of aryl methyl sites for hydroxylation is 1. The minimum atomic E-state index is -3.37. The van der Waals surface area contributed by atoms with Gasteiger partial charge in [-0.2, -0.15) is 0 Å². The van der Waals surface area contributed by atoms with Gasteiger partial charge in [-0.05, 0) is 86.3 Å². The van der Waals surface area contributed by atoms with Crippen molar-refractivity contribution in [1.29, 1.82) is 0 Å². The van der Waals surface area contributed by atoms with Gasteiger partial charge in [0.1, 0.15) is 0 Å². The standard InChI is InChI=1S/C20H28N2O3S/c1-13-3-4-17(8-18(13)22-26(2,24)25)19(23)21-12-20-9-14-5-15(10-20)7-16(6-14)11-20/h3-4,8,14-16,22H,5-7,9-12H2,1-2H3,(H,21,23). The molecule has 0 heterocycles. The number of anilines is 1. The Morgan fingerprint density at radius 1 is 1.12 bits per heavy atom. The molecule has 4 bridgehead atoms. The monoisotopic (exact) mass is 376 g/mol. The lowest BCUT2D eigenvalue weighted by Gasteiger charge is -2.56. The molecule has 5 nitrogen and oxygen atoms in total. The average molecular weight is 377 g/mol. The molecule has 26 heavy (non-hydrogen) atoms. The molecule has 0 aliphatic heterocycles. The third kappa shape index (κ3) is 3.61. The van der Waals surface area contributed by atoms with E-state index in [2.05, 4.69) is 10.0 Å². The van der Waals surface area contributed by atoms with E-state index in [0.29, 0.717) is 16.7 Å². The number of carbonyl (C=O) groups excluding carboxylic acids is 1.